The molecule has 0 radical (unpaired) electrons. The fraction of sp³-hybridized carbons (Fsp3) is 0.0556. The number of hydrogen-bond donors (Lipinski definition) is 1. The van der Waals surface area contributed by atoms with E-state index in [1.165, 1.54) is 11.8 Å². The number of carbonyl (C=O) groups excluding carboxylic acids is 1. The SMILES string of the molecule is COC(=O)c1ccc(/C=N/n2cc(-c3ccccc3)nc2N)cc1. The number of ether oxygens (including phenoxy) is 1. The summed E-state index contributed by atoms with van der Waals surface area (Å²) < 4.78 is 6.17. The highest BCUT2D eigenvalue weighted by atomic mass is 16.5. The molecule has 0 bridgehead atoms. The first-order chi connectivity index (χ1) is 11.7. The van der Waals surface area contributed by atoms with Gasteiger partial charge < -0.3 is 10.5 Å². The number of nitrogens with two attached hydrogens (primary N) is 1. The van der Waals surface area contributed by atoms with Crippen LogP contribution in [0.2, 0.25) is 0 Å². The zero-order valence-electron chi connectivity index (χ0n) is 13.1. The lowest BCUT2D eigenvalue weighted by atomic mass is 10.1. The minimum absolute atomic E-state index is 0.302. The van der Waals surface area contributed by atoms with Crippen LogP contribution in [-0.4, -0.2) is 29.0 Å². The maximum absolute atomic E-state index is 11.4. The lowest BCUT2D eigenvalue weighted by Gasteiger charge is -1.99. The zero-order chi connectivity index (χ0) is 16.9. The molecule has 2 aromatic carbocycles. The van der Waals surface area contributed by atoms with Crippen LogP contribution in [0, 0.1) is 0 Å². The number of methoxy groups -OCH3 is 1. The lowest BCUT2D eigenvalue weighted by Crippen LogP contribution is -2.01. The summed E-state index contributed by atoms with van der Waals surface area (Å²) in [5, 5.41) is 4.30. The Kier molecular flexibility index (Phi) is 4.38. The minimum Gasteiger partial charge on any atom is -0.465 e. The number of rotatable bonds is 4. The second kappa shape index (κ2) is 6.78. The van der Waals surface area contributed by atoms with Crippen LogP contribution >= 0.6 is 0 Å². The Hall–Kier alpha value is -3.41. The van der Waals surface area contributed by atoms with E-state index in [-0.39, 0.29) is 5.97 Å². The van der Waals surface area contributed by atoms with Gasteiger partial charge >= 0.3 is 5.97 Å². The van der Waals surface area contributed by atoms with Crippen molar-refractivity contribution in [3.8, 4) is 11.3 Å². The number of aromatic nitrogens is 2. The number of imidazole rings is 1. The number of nitrogens with zero attached hydrogens (tertiary/aromatic N) is 3. The van der Waals surface area contributed by atoms with E-state index in [1.807, 2.05) is 30.3 Å². The van der Waals surface area contributed by atoms with Crippen molar-refractivity contribution in [3.63, 3.8) is 0 Å². The van der Waals surface area contributed by atoms with E-state index in [0.717, 1.165) is 16.8 Å². The van der Waals surface area contributed by atoms with Crippen molar-refractivity contribution in [1.29, 1.82) is 0 Å². The van der Waals surface area contributed by atoms with E-state index in [1.54, 1.807) is 36.7 Å². The van der Waals surface area contributed by atoms with Crippen LogP contribution in [-0.2, 0) is 4.74 Å². The quantitative estimate of drug-likeness (QED) is 0.592. The predicted molar refractivity (Wildman–Crippen MR) is 92.8 cm³/mol. The van der Waals surface area contributed by atoms with Gasteiger partial charge in [0.2, 0.25) is 5.95 Å². The van der Waals surface area contributed by atoms with Gasteiger partial charge in [0.1, 0.15) is 0 Å². The Bertz CT molecular complexity index is 868. The maximum Gasteiger partial charge on any atom is 0.337 e. The first-order valence-electron chi connectivity index (χ1n) is 7.30. The third kappa shape index (κ3) is 3.33. The molecule has 0 saturated heterocycles. The van der Waals surface area contributed by atoms with E-state index in [4.69, 9.17) is 5.73 Å². The van der Waals surface area contributed by atoms with Crippen LogP contribution in [0.1, 0.15) is 15.9 Å². The first kappa shape index (κ1) is 15.5. The van der Waals surface area contributed by atoms with Crippen molar-refractivity contribution < 1.29 is 9.53 Å². The number of hydrogen-bond acceptors (Lipinski definition) is 5. The van der Waals surface area contributed by atoms with Gasteiger partial charge in [-0.1, -0.05) is 42.5 Å². The van der Waals surface area contributed by atoms with Gasteiger partial charge in [-0.25, -0.2) is 14.5 Å². The molecular weight excluding hydrogens is 304 g/mol. The van der Waals surface area contributed by atoms with Crippen molar-refractivity contribution in [3.05, 3.63) is 71.9 Å². The second-order valence-corrected chi connectivity index (χ2v) is 5.05. The van der Waals surface area contributed by atoms with Gasteiger partial charge in [-0.15, -0.1) is 0 Å². The molecule has 0 spiro atoms. The molecule has 120 valence electrons. The predicted octanol–water partition coefficient (Wildman–Crippen LogP) is 2.80. The van der Waals surface area contributed by atoms with Crippen molar-refractivity contribution in [1.82, 2.24) is 9.66 Å². The number of esters is 1. The molecule has 0 amide bonds. The summed E-state index contributed by atoms with van der Waals surface area (Å²) in [4.78, 5) is 15.7. The van der Waals surface area contributed by atoms with Crippen LogP contribution in [0.3, 0.4) is 0 Å². The first-order valence-corrected chi connectivity index (χ1v) is 7.30. The molecule has 1 heterocycles. The number of nitrogen functional groups attached to an aromatic ring is 1. The van der Waals surface area contributed by atoms with E-state index in [2.05, 4.69) is 14.8 Å². The maximum atomic E-state index is 11.4. The topological polar surface area (TPSA) is 82.5 Å². The molecular formula is C18H16N4O2. The molecule has 0 fully saturated rings. The molecule has 1 aromatic heterocycles. The standard InChI is InChI=1S/C18H16N4O2/c1-24-17(23)15-9-7-13(8-10-15)11-20-22-12-16(21-18(22)19)14-5-3-2-4-6-14/h2-12H,1H3,(H2,19,21)/b20-11+. The summed E-state index contributed by atoms with van der Waals surface area (Å²) in [7, 11) is 1.35. The Morgan fingerprint density at radius 2 is 1.88 bits per heavy atom. The van der Waals surface area contributed by atoms with Crippen molar-refractivity contribution >= 4 is 18.1 Å². The minimum atomic E-state index is -0.371. The molecule has 0 atom stereocenters. The fourth-order valence-electron chi connectivity index (χ4n) is 2.18. The average Bonchev–Trinajstić information content (AvgIpc) is 3.01. The molecule has 0 saturated carbocycles. The fourth-order valence-corrected chi connectivity index (χ4v) is 2.18. The summed E-state index contributed by atoms with van der Waals surface area (Å²) in [5.41, 5.74) is 8.95. The lowest BCUT2D eigenvalue weighted by molar-refractivity contribution is 0.0600. The van der Waals surface area contributed by atoms with E-state index in [9.17, 15) is 4.79 Å². The van der Waals surface area contributed by atoms with Crippen molar-refractivity contribution in [2.24, 2.45) is 5.10 Å². The summed E-state index contributed by atoms with van der Waals surface area (Å²) in [6, 6.07) is 16.7. The molecule has 0 unspecified atom stereocenters. The van der Waals surface area contributed by atoms with Gasteiger partial charge in [0.15, 0.2) is 0 Å². The molecule has 3 rings (SSSR count). The van der Waals surface area contributed by atoms with E-state index < -0.39 is 0 Å². The monoisotopic (exact) mass is 320 g/mol. The number of anilines is 1. The molecule has 0 aliphatic rings. The molecule has 24 heavy (non-hydrogen) atoms. The van der Waals surface area contributed by atoms with Gasteiger partial charge in [0.05, 0.1) is 30.8 Å². The Balaban J connectivity index is 1.80. The van der Waals surface area contributed by atoms with Gasteiger partial charge in [-0.05, 0) is 17.7 Å². The number of carbonyl (C=O) groups is 1. The van der Waals surface area contributed by atoms with Gasteiger partial charge in [-0.2, -0.15) is 5.10 Å². The summed E-state index contributed by atoms with van der Waals surface area (Å²) in [6.07, 6.45) is 3.41. The summed E-state index contributed by atoms with van der Waals surface area (Å²) in [5.74, 6) is -0.0684. The van der Waals surface area contributed by atoms with Crippen molar-refractivity contribution in [2.75, 3.05) is 12.8 Å². The highest BCUT2D eigenvalue weighted by Gasteiger charge is 2.06. The third-order valence-electron chi connectivity index (χ3n) is 3.45. The number of benzene rings is 2. The Labute approximate surface area is 139 Å². The van der Waals surface area contributed by atoms with Crippen molar-refractivity contribution in [2.45, 2.75) is 0 Å². The van der Waals surface area contributed by atoms with Crippen LogP contribution in [0.4, 0.5) is 5.95 Å². The second-order valence-electron chi connectivity index (χ2n) is 5.05. The van der Waals surface area contributed by atoms with E-state index >= 15 is 0 Å². The molecule has 6 nitrogen and oxygen atoms in total. The van der Waals surface area contributed by atoms with E-state index in [0.29, 0.717) is 11.5 Å². The van der Waals surface area contributed by atoms with Crippen LogP contribution in [0.5, 0.6) is 0 Å². The summed E-state index contributed by atoms with van der Waals surface area (Å²) >= 11 is 0. The van der Waals surface area contributed by atoms with Gasteiger partial charge in [0.25, 0.3) is 0 Å². The van der Waals surface area contributed by atoms with Gasteiger partial charge in [-0.3, -0.25) is 0 Å². The zero-order valence-corrected chi connectivity index (χ0v) is 13.1. The molecule has 0 aliphatic heterocycles. The molecule has 2 N–H and O–H groups in total. The Morgan fingerprint density at radius 3 is 2.54 bits per heavy atom. The smallest absolute Gasteiger partial charge is 0.337 e. The Morgan fingerprint density at radius 1 is 1.17 bits per heavy atom. The van der Waals surface area contributed by atoms with Crippen LogP contribution < -0.4 is 5.73 Å². The van der Waals surface area contributed by atoms with Crippen LogP contribution in [0.25, 0.3) is 11.3 Å². The van der Waals surface area contributed by atoms with Gasteiger partial charge in [0, 0.05) is 5.56 Å². The summed E-state index contributed by atoms with van der Waals surface area (Å²) in [6.45, 7) is 0. The molecule has 6 heteroatoms. The highest BCUT2D eigenvalue weighted by Crippen LogP contribution is 2.19. The average molecular weight is 320 g/mol. The molecule has 3 aromatic rings. The van der Waals surface area contributed by atoms with Crippen LogP contribution in [0.15, 0.2) is 65.9 Å². The third-order valence-corrected chi connectivity index (χ3v) is 3.45. The normalized spacial score (nSPS) is 10.9. The molecule has 0 aliphatic carbocycles. The highest BCUT2D eigenvalue weighted by molar-refractivity contribution is 5.90. The largest absolute Gasteiger partial charge is 0.465 e.